The lowest BCUT2D eigenvalue weighted by molar-refractivity contribution is -0.127. The molecule has 5 heteroatoms. The van der Waals surface area contributed by atoms with E-state index in [1.165, 1.54) is 0 Å². The molecule has 160 valence electrons. The highest BCUT2D eigenvalue weighted by molar-refractivity contribution is 5.91. The maximum absolute atomic E-state index is 12.4. The Labute approximate surface area is 183 Å². The number of ether oxygens (including phenoxy) is 1. The second kappa shape index (κ2) is 10.8. The third-order valence-electron chi connectivity index (χ3n) is 5.51. The van der Waals surface area contributed by atoms with E-state index >= 15 is 0 Å². The molecule has 0 atom stereocenters. The molecule has 5 nitrogen and oxygen atoms in total. The zero-order valence-electron chi connectivity index (χ0n) is 17.6. The van der Waals surface area contributed by atoms with Gasteiger partial charge >= 0.3 is 0 Å². The van der Waals surface area contributed by atoms with Crippen molar-refractivity contribution in [3.63, 3.8) is 0 Å². The van der Waals surface area contributed by atoms with Gasteiger partial charge in [0, 0.05) is 38.8 Å². The highest BCUT2D eigenvalue weighted by atomic mass is 16.5. The van der Waals surface area contributed by atoms with Crippen molar-refractivity contribution < 1.29 is 13.9 Å². The average molecular weight is 417 g/mol. The SMILES string of the molecule is O=C(/C=C/c1ccco1)N1CCN(CCOC(c2ccccc2)c2ccccc2)CC1. The molecule has 1 fully saturated rings. The molecule has 1 amide bonds. The van der Waals surface area contributed by atoms with Gasteiger partial charge in [-0.15, -0.1) is 0 Å². The van der Waals surface area contributed by atoms with Crippen LogP contribution in [0.25, 0.3) is 6.08 Å². The third-order valence-corrected chi connectivity index (χ3v) is 5.51. The maximum Gasteiger partial charge on any atom is 0.246 e. The zero-order chi connectivity index (χ0) is 21.3. The average Bonchev–Trinajstić information content (AvgIpc) is 3.36. The number of rotatable bonds is 8. The van der Waals surface area contributed by atoms with E-state index in [4.69, 9.17) is 9.15 Å². The van der Waals surface area contributed by atoms with Crippen LogP contribution < -0.4 is 0 Å². The number of benzene rings is 2. The minimum absolute atomic E-state index is 0.0283. The number of hydrogen-bond acceptors (Lipinski definition) is 4. The lowest BCUT2D eigenvalue weighted by atomic mass is 10.0. The van der Waals surface area contributed by atoms with Crippen molar-refractivity contribution in [2.24, 2.45) is 0 Å². The molecule has 1 saturated heterocycles. The summed E-state index contributed by atoms with van der Waals surface area (Å²) in [6, 6.07) is 24.3. The first-order chi connectivity index (χ1) is 15.3. The van der Waals surface area contributed by atoms with E-state index in [2.05, 4.69) is 29.2 Å². The molecule has 31 heavy (non-hydrogen) atoms. The van der Waals surface area contributed by atoms with E-state index in [0.29, 0.717) is 12.4 Å². The number of carbonyl (C=O) groups is 1. The van der Waals surface area contributed by atoms with E-state index in [1.807, 2.05) is 53.4 Å². The molecule has 2 aromatic carbocycles. The molecular formula is C26H28N2O3. The molecular weight excluding hydrogens is 388 g/mol. The topological polar surface area (TPSA) is 45.9 Å². The molecule has 0 radical (unpaired) electrons. The fraction of sp³-hybridized carbons (Fsp3) is 0.269. The van der Waals surface area contributed by atoms with Crippen molar-refractivity contribution in [3.8, 4) is 0 Å². The zero-order valence-corrected chi connectivity index (χ0v) is 17.6. The van der Waals surface area contributed by atoms with Gasteiger partial charge in [0.25, 0.3) is 0 Å². The third kappa shape index (κ3) is 5.94. The normalized spacial score (nSPS) is 15.1. The first-order valence-corrected chi connectivity index (χ1v) is 10.7. The number of piperazine rings is 1. The van der Waals surface area contributed by atoms with Gasteiger partial charge in [-0.1, -0.05) is 60.7 Å². The van der Waals surface area contributed by atoms with Gasteiger partial charge in [0.2, 0.25) is 5.91 Å². The Morgan fingerprint density at radius 1 is 0.903 bits per heavy atom. The fourth-order valence-corrected chi connectivity index (χ4v) is 3.78. The van der Waals surface area contributed by atoms with Crippen LogP contribution in [0.3, 0.4) is 0 Å². The molecule has 4 rings (SSSR count). The molecule has 0 N–H and O–H groups in total. The van der Waals surface area contributed by atoms with Gasteiger partial charge < -0.3 is 14.1 Å². The van der Waals surface area contributed by atoms with Crippen molar-refractivity contribution in [1.29, 1.82) is 0 Å². The first kappa shape index (κ1) is 21.1. The Balaban J connectivity index is 1.25. The molecule has 0 aliphatic carbocycles. The quantitative estimate of drug-likeness (QED) is 0.515. The van der Waals surface area contributed by atoms with Crippen LogP contribution in [-0.4, -0.2) is 55.0 Å². The van der Waals surface area contributed by atoms with Gasteiger partial charge in [-0.25, -0.2) is 0 Å². The summed E-state index contributed by atoms with van der Waals surface area (Å²) in [6.45, 7) is 4.64. The summed E-state index contributed by atoms with van der Waals surface area (Å²) in [5.74, 6) is 0.719. The highest BCUT2D eigenvalue weighted by Gasteiger charge is 2.20. The van der Waals surface area contributed by atoms with Gasteiger partial charge in [-0.05, 0) is 29.3 Å². The van der Waals surface area contributed by atoms with E-state index in [-0.39, 0.29) is 12.0 Å². The van der Waals surface area contributed by atoms with Crippen molar-refractivity contribution in [2.75, 3.05) is 39.3 Å². The molecule has 0 spiro atoms. The maximum atomic E-state index is 12.4. The Hall–Kier alpha value is -3.15. The summed E-state index contributed by atoms with van der Waals surface area (Å²) in [4.78, 5) is 16.6. The summed E-state index contributed by atoms with van der Waals surface area (Å²) >= 11 is 0. The van der Waals surface area contributed by atoms with Crippen LogP contribution in [0.4, 0.5) is 0 Å². The molecule has 3 aromatic rings. The van der Waals surface area contributed by atoms with E-state index in [1.54, 1.807) is 18.4 Å². The second-order valence-electron chi connectivity index (χ2n) is 7.59. The van der Waals surface area contributed by atoms with E-state index in [9.17, 15) is 4.79 Å². The van der Waals surface area contributed by atoms with Gasteiger partial charge in [-0.2, -0.15) is 0 Å². The highest BCUT2D eigenvalue weighted by Crippen LogP contribution is 2.25. The lowest BCUT2D eigenvalue weighted by Crippen LogP contribution is -2.49. The minimum atomic E-state index is -0.0722. The molecule has 0 saturated carbocycles. The Kier molecular flexibility index (Phi) is 7.32. The molecule has 2 heterocycles. The van der Waals surface area contributed by atoms with Crippen LogP contribution in [0, 0.1) is 0 Å². The van der Waals surface area contributed by atoms with Gasteiger partial charge in [0.05, 0.1) is 12.9 Å². The largest absolute Gasteiger partial charge is 0.465 e. The summed E-state index contributed by atoms with van der Waals surface area (Å²) in [6.07, 6.45) is 4.83. The number of hydrogen-bond donors (Lipinski definition) is 0. The van der Waals surface area contributed by atoms with Crippen LogP contribution in [0.15, 0.2) is 89.6 Å². The minimum Gasteiger partial charge on any atom is -0.465 e. The summed E-state index contributed by atoms with van der Waals surface area (Å²) in [7, 11) is 0. The van der Waals surface area contributed by atoms with Crippen LogP contribution in [0.5, 0.6) is 0 Å². The Bertz CT molecular complexity index is 907. The van der Waals surface area contributed by atoms with E-state index in [0.717, 1.165) is 43.9 Å². The predicted octanol–water partition coefficient (Wildman–Crippen LogP) is 4.24. The van der Waals surface area contributed by atoms with E-state index < -0.39 is 0 Å². The van der Waals surface area contributed by atoms with Gasteiger partial charge in [0.15, 0.2) is 0 Å². The monoisotopic (exact) mass is 416 g/mol. The molecule has 1 aromatic heterocycles. The van der Waals surface area contributed by atoms with Crippen molar-refractivity contribution >= 4 is 12.0 Å². The summed E-state index contributed by atoms with van der Waals surface area (Å²) < 4.78 is 11.6. The van der Waals surface area contributed by atoms with Crippen LogP contribution >= 0.6 is 0 Å². The lowest BCUT2D eigenvalue weighted by Gasteiger charge is -2.34. The number of furan rings is 1. The van der Waals surface area contributed by atoms with Gasteiger partial charge in [-0.3, -0.25) is 9.69 Å². The smallest absolute Gasteiger partial charge is 0.246 e. The van der Waals surface area contributed by atoms with Crippen LogP contribution in [0.2, 0.25) is 0 Å². The first-order valence-electron chi connectivity index (χ1n) is 10.7. The van der Waals surface area contributed by atoms with Crippen LogP contribution in [0.1, 0.15) is 23.0 Å². The summed E-state index contributed by atoms with van der Waals surface area (Å²) in [5.41, 5.74) is 2.32. The predicted molar refractivity (Wildman–Crippen MR) is 121 cm³/mol. The number of amides is 1. The second-order valence-corrected chi connectivity index (χ2v) is 7.59. The number of carbonyl (C=O) groups excluding carboxylic acids is 1. The van der Waals surface area contributed by atoms with Gasteiger partial charge in [0.1, 0.15) is 11.9 Å². The molecule has 1 aliphatic heterocycles. The molecule has 1 aliphatic rings. The van der Waals surface area contributed by atoms with Crippen molar-refractivity contribution in [1.82, 2.24) is 9.80 Å². The number of nitrogens with zero attached hydrogens (tertiary/aromatic N) is 2. The molecule has 0 unspecified atom stereocenters. The Morgan fingerprint density at radius 2 is 1.55 bits per heavy atom. The fourth-order valence-electron chi connectivity index (χ4n) is 3.78. The van der Waals surface area contributed by atoms with Crippen molar-refractivity contribution in [2.45, 2.75) is 6.10 Å². The van der Waals surface area contributed by atoms with Crippen LogP contribution in [-0.2, 0) is 9.53 Å². The Morgan fingerprint density at radius 3 is 2.13 bits per heavy atom. The standard InChI is InChI=1S/C26H28N2O3/c29-25(14-13-24-12-7-20-30-24)28-17-15-27(16-18-28)19-21-31-26(22-8-3-1-4-9-22)23-10-5-2-6-11-23/h1-14,20,26H,15-19,21H2/b14-13+. The molecule has 0 bridgehead atoms. The summed E-state index contributed by atoms with van der Waals surface area (Å²) in [5, 5.41) is 0. The van der Waals surface area contributed by atoms with Crippen molar-refractivity contribution in [3.05, 3.63) is 102 Å².